The molecule has 5 rings (SSSR count). The zero-order valence-corrected chi connectivity index (χ0v) is 31.0. The normalized spacial score (nSPS) is 14.0. The van der Waals surface area contributed by atoms with E-state index in [1.165, 1.54) is 44.2 Å². The lowest BCUT2D eigenvalue weighted by Gasteiger charge is -2.20. The van der Waals surface area contributed by atoms with Crippen molar-refractivity contribution < 1.29 is 0 Å². The number of rotatable bonds is 14. The van der Waals surface area contributed by atoms with E-state index in [2.05, 4.69) is 201 Å². The Labute approximate surface area is 310 Å². The fraction of sp³-hybridized carbons (Fsp3) is 0.120. The molecule has 0 aliphatic carbocycles. The fourth-order valence-corrected chi connectivity index (χ4v) is 6.44. The highest BCUT2D eigenvalue weighted by Crippen LogP contribution is 2.37. The standard InChI is InChI=1S/C50H50N2/c1-7-11-13-25-39(5)42(24-8-2)29-23-37-51(44(10-4)38-43-28-17-16-26-40(43)6)36-21-20-27-41(9-3)46-33-22-35-49-50(46)47-32-18-19-34-48(47)52(49)45-30-14-12-15-31-45/h7-8,10-35,37-38H,1,6,9,36H2,2-5H3/b13-11-,21-20-,24-8-,37-23+,39-25+,41-27+,42-29+,43-38-,44-10+. The number of benzene rings is 4. The number of fused-ring (bicyclic) bond motifs is 3. The number of para-hydroxylation sites is 2. The van der Waals surface area contributed by atoms with E-state index in [1.54, 1.807) is 6.08 Å². The van der Waals surface area contributed by atoms with Gasteiger partial charge in [0.1, 0.15) is 0 Å². The molecule has 5 aromatic rings. The molecule has 0 spiro atoms. The highest BCUT2D eigenvalue weighted by molar-refractivity contribution is 6.13. The van der Waals surface area contributed by atoms with Crippen LogP contribution in [0.4, 0.5) is 0 Å². The largest absolute Gasteiger partial charge is 0.344 e. The highest BCUT2D eigenvalue weighted by Gasteiger charge is 2.16. The molecule has 2 nitrogen and oxygen atoms in total. The monoisotopic (exact) mass is 678 g/mol. The fourth-order valence-electron chi connectivity index (χ4n) is 6.44. The first-order valence-electron chi connectivity index (χ1n) is 18.1. The quantitative estimate of drug-likeness (QED) is 0.106. The summed E-state index contributed by atoms with van der Waals surface area (Å²) < 4.78 is 2.38. The highest BCUT2D eigenvalue weighted by atomic mass is 15.1. The first kappa shape index (κ1) is 37.1. The van der Waals surface area contributed by atoms with E-state index >= 15 is 0 Å². The summed E-state index contributed by atoms with van der Waals surface area (Å²) in [5, 5.41) is 4.66. The molecular weight excluding hydrogens is 629 g/mol. The van der Waals surface area contributed by atoms with Gasteiger partial charge in [-0.15, -0.1) is 0 Å². The van der Waals surface area contributed by atoms with Crippen LogP contribution in [0.2, 0.25) is 0 Å². The minimum Gasteiger partial charge on any atom is -0.344 e. The number of nitrogens with zero attached hydrogens (tertiary/aromatic N) is 2. The van der Waals surface area contributed by atoms with Crippen LogP contribution in [0.1, 0.15) is 39.7 Å². The van der Waals surface area contributed by atoms with Crippen LogP contribution in [-0.2, 0) is 0 Å². The Kier molecular flexibility index (Phi) is 13.4. The second kappa shape index (κ2) is 18.8. The third kappa shape index (κ3) is 8.96. The van der Waals surface area contributed by atoms with Crippen LogP contribution in [0, 0.1) is 0 Å². The molecule has 0 aliphatic heterocycles. The summed E-state index contributed by atoms with van der Waals surface area (Å²) in [5.74, 6) is 0. The van der Waals surface area contributed by atoms with Crippen molar-refractivity contribution >= 4 is 40.0 Å². The van der Waals surface area contributed by atoms with Gasteiger partial charge < -0.3 is 9.47 Å². The van der Waals surface area contributed by atoms with E-state index in [1.807, 2.05) is 25.1 Å². The molecule has 260 valence electrons. The lowest BCUT2D eigenvalue weighted by molar-refractivity contribution is 0.539. The Balaban J connectivity index is 1.52. The Bertz CT molecular complexity index is 2370. The number of hydrogen-bond acceptors (Lipinski definition) is 1. The van der Waals surface area contributed by atoms with Crippen molar-refractivity contribution in [3.05, 3.63) is 216 Å². The second-order valence-electron chi connectivity index (χ2n) is 12.5. The molecule has 4 aromatic carbocycles. The summed E-state index contributed by atoms with van der Waals surface area (Å²) in [6, 6.07) is 34.3. The summed E-state index contributed by atoms with van der Waals surface area (Å²) >= 11 is 0. The van der Waals surface area contributed by atoms with Gasteiger partial charge >= 0.3 is 0 Å². The molecule has 1 heterocycles. The van der Waals surface area contributed by atoms with Crippen molar-refractivity contribution in [3.63, 3.8) is 0 Å². The maximum absolute atomic E-state index is 4.26. The Morgan fingerprint density at radius 1 is 0.769 bits per heavy atom. The van der Waals surface area contributed by atoms with Crippen molar-refractivity contribution in [2.75, 3.05) is 6.54 Å². The van der Waals surface area contributed by atoms with Crippen LogP contribution in [0.25, 0.3) is 45.7 Å². The predicted molar refractivity (Wildman–Crippen MR) is 229 cm³/mol. The number of hydrogen-bond donors (Lipinski definition) is 0. The second-order valence-corrected chi connectivity index (χ2v) is 12.5. The van der Waals surface area contributed by atoms with Crippen LogP contribution >= 0.6 is 0 Å². The van der Waals surface area contributed by atoms with Crippen LogP contribution in [-0.4, -0.2) is 16.0 Å². The summed E-state index contributed by atoms with van der Waals surface area (Å²) in [7, 11) is 0. The van der Waals surface area contributed by atoms with Gasteiger partial charge in [0.05, 0.1) is 11.0 Å². The van der Waals surface area contributed by atoms with Gasteiger partial charge in [0, 0.05) is 34.9 Å². The Hall–Kier alpha value is -6.12. The first-order chi connectivity index (χ1) is 25.5. The van der Waals surface area contributed by atoms with Crippen molar-refractivity contribution in [2.45, 2.75) is 34.1 Å². The molecule has 0 bridgehead atoms. The molecule has 1 aromatic heterocycles. The molecule has 0 aliphatic rings. The lowest BCUT2D eigenvalue weighted by Crippen LogP contribution is -2.25. The van der Waals surface area contributed by atoms with E-state index in [9.17, 15) is 0 Å². The first-order valence-corrected chi connectivity index (χ1v) is 18.1. The van der Waals surface area contributed by atoms with E-state index in [4.69, 9.17) is 0 Å². The van der Waals surface area contributed by atoms with Crippen molar-refractivity contribution in [2.24, 2.45) is 0 Å². The van der Waals surface area contributed by atoms with Gasteiger partial charge in [-0.25, -0.2) is 0 Å². The van der Waals surface area contributed by atoms with Gasteiger partial charge in [0.2, 0.25) is 0 Å². The van der Waals surface area contributed by atoms with Crippen LogP contribution < -0.4 is 10.4 Å². The van der Waals surface area contributed by atoms with Gasteiger partial charge in [0.25, 0.3) is 0 Å². The summed E-state index contributed by atoms with van der Waals surface area (Å²) in [4.78, 5) is 2.27. The van der Waals surface area contributed by atoms with E-state index in [0.29, 0.717) is 6.54 Å². The van der Waals surface area contributed by atoms with Crippen molar-refractivity contribution in [1.29, 1.82) is 0 Å². The van der Waals surface area contributed by atoms with Crippen molar-refractivity contribution in [3.8, 4) is 5.69 Å². The molecule has 0 saturated heterocycles. The molecule has 0 fully saturated rings. The average molecular weight is 679 g/mol. The molecule has 0 unspecified atom stereocenters. The molecule has 0 saturated carbocycles. The number of allylic oxidation sites excluding steroid dienone is 15. The zero-order chi connectivity index (χ0) is 36.7. The molecule has 0 amide bonds. The summed E-state index contributed by atoms with van der Waals surface area (Å²) in [6.45, 7) is 17.2. The Morgan fingerprint density at radius 3 is 2.27 bits per heavy atom. The third-order valence-electron chi connectivity index (χ3n) is 9.10. The minimum atomic E-state index is 0.695. The van der Waals surface area contributed by atoms with Crippen molar-refractivity contribution in [1.82, 2.24) is 9.47 Å². The third-order valence-corrected chi connectivity index (χ3v) is 9.10. The van der Waals surface area contributed by atoms with Gasteiger partial charge in [-0.2, -0.15) is 0 Å². The van der Waals surface area contributed by atoms with Gasteiger partial charge in [-0.1, -0.05) is 160 Å². The summed E-state index contributed by atoms with van der Waals surface area (Å²) in [6.07, 6.45) is 30.5. The van der Waals surface area contributed by atoms with Gasteiger partial charge in [-0.05, 0) is 96.3 Å². The molecule has 0 N–H and O–H groups in total. The zero-order valence-electron chi connectivity index (χ0n) is 31.0. The van der Waals surface area contributed by atoms with E-state index < -0.39 is 0 Å². The average Bonchev–Trinajstić information content (AvgIpc) is 3.52. The van der Waals surface area contributed by atoms with Gasteiger partial charge in [-0.3, -0.25) is 0 Å². The lowest BCUT2D eigenvalue weighted by atomic mass is 9.97. The number of aromatic nitrogens is 1. The predicted octanol–water partition coefficient (Wildman–Crippen LogP) is 11.9. The maximum Gasteiger partial charge on any atom is 0.0547 e. The van der Waals surface area contributed by atoms with E-state index in [-0.39, 0.29) is 0 Å². The molecular formula is C50H50N2. The Morgan fingerprint density at radius 2 is 1.52 bits per heavy atom. The topological polar surface area (TPSA) is 8.17 Å². The van der Waals surface area contributed by atoms with E-state index in [0.717, 1.165) is 28.1 Å². The molecule has 0 atom stereocenters. The molecule has 0 radical (unpaired) electrons. The summed E-state index contributed by atoms with van der Waals surface area (Å²) in [5.41, 5.74) is 9.60. The van der Waals surface area contributed by atoms with Crippen LogP contribution in [0.15, 0.2) is 200 Å². The van der Waals surface area contributed by atoms with Crippen LogP contribution in [0.3, 0.4) is 0 Å². The van der Waals surface area contributed by atoms with Gasteiger partial charge in [0.15, 0.2) is 0 Å². The molecule has 2 heteroatoms. The minimum absolute atomic E-state index is 0.695. The van der Waals surface area contributed by atoms with Crippen LogP contribution in [0.5, 0.6) is 0 Å². The SMILES string of the molecule is C=C\C=C/C=C(C)/C(/C=C\C)=C/C=C/N(C/C=C\C=C(/CC)c1cccc2c1c1ccccc1n2-c1ccccc1)C(/C=c1/ccccc1=C)=C/C. The smallest absolute Gasteiger partial charge is 0.0547 e. The maximum atomic E-state index is 4.26. The molecule has 52 heavy (non-hydrogen) atoms.